The van der Waals surface area contributed by atoms with Crippen molar-refractivity contribution < 1.29 is 17.9 Å². The molecule has 1 aliphatic rings. The number of nitrogens with zero attached hydrogens (tertiary/aromatic N) is 1. The summed E-state index contributed by atoms with van der Waals surface area (Å²) >= 11 is 3.45. The van der Waals surface area contributed by atoms with Gasteiger partial charge in [-0.3, -0.25) is 0 Å². The van der Waals surface area contributed by atoms with E-state index in [0.717, 1.165) is 11.6 Å². The van der Waals surface area contributed by atoms with Gasteiger partial charge in [-0.25, -0.2) is 0 Å². The quantitative estimate of drug-likeness (QED) is 0.540. The van der Waals surface area contributed by atoms with Gasteiger partial charge >= 0.3 is 6.18 Å². The summed E-state index contributed by atoms with van der Waals surface area (Å²) in [6, 6.07) is 15.3. The summed E-state index contributed by atoms with van der Waals surface area (Å²) in [5, 5.41) is 0. The Morgan fingerprint density at radius 1 is 1.00 bits per heavy atom. The molecule has 2 nitrogen and oxygen atoms in total. The molecule has 0 aromatic heterocycles. The van der Waals surface area contributed by atoms with E-state index in [-0.39, 0.29) is 12.2 Å². The first kappa shape index (κ1) is 19.3. The van der Waals surface area contributed by atoms with Crippen molar-refractivity contribution in [3.63, 3.8) is 0 Å². The second-order valence-electron chi connectivity index (χ2n) is 6.00. The molecule has 0 amide bonds. The summed E-state index contributed by atoms with van der Waals surface area (Å²) in [6.45, 7) is 4.50. The second-order valence-corrected chi connectivity index (χ2v) is 6.79. The lowest BCUT2D eigenvalue weighted by atomic mass is 10.1. The van der Waals surface area contributed by atoms with Gasteiger partial charge in [0.2, 0.25) is 0 Å². The molecule has 0 fully saturated rings. The highest BCUT2D eigenvalue weighted by Crippen LogP contribution is 2.34. The van der Waals surface area contributed by atoms with Crippen molar-refractivity contribution in [2.24, 2.45) is 0 Å². The summed E-state index contributed by atoms with van der Waals surface area (Å²) < 4.78 is 45.6. The Morgan fingerprint density at radius 2 is 1.67 bits per heavy atom. The average molecular weight is 436 g/mol. The van der Waals surface area contributed by atoms with Gasteiger partial charge in [-0.1, -0.05) is 55.1 Å². The van der Waals surface area contributed by atoms with Gasteiger partial charge in [-0.15, -0.1) is 0 Å². The van der Waals surface area contributed by atoms with E-state index in [1.165, 1.54) is 12.1 Å². The molecule has 0 saturated heterocycles. The number of hydrogen-bond acceptors (Lipinski definition) is 2. The Bertz CT molecular complexity index is 888. The fourth-order valence-electron chi connectivity index (χ4n) is 2.71. The van der Waals surface area contributed by atoms with Crippen LogP contribution in [-0.2, 0) is 24.1 Å². The van der Waals surface area contributed by atoms with Crippen molar-refractivity contribution >= 4 is 15.9 Å². The third-order valence-electron chi connectivity index (χ3n) is 4.12. The number of ether oxygens (including phenoxy) is 1. The molecular formula is C21H17BrF3NO. The molecule has 0 atom stereocenters. The maximum atomic E-state index is 13.1. The molecule has 0 radical (unpaired) electrons. The molecule has 140 valence electrons. The standard InChI is InChI=1S/C21H17BrF3NO/c1-15-20(22)19(11-12-26(15)13-16-7-3-2-4-8-16)27-14-17-9-5-6-10-18(17)21(23,24)25/h2-12H,1,13-14H2. The third-order valence-corrected chi connectivity index (χ3v) is 4.97. The fourth-order valence-corrected chi connectivity index (χ4v) is 3.18. The van der Waals surface area contributed by atoms with E-state index in [1.807, 2.05) is 41.4 Å². The minimum atomic E-state index is -4.41. The molecule has 2 aromatic rings. The molecule has 1 aliphatic heterocycles. The number of halogens is 4. The van der Waals surface area contributed by atoms with Crippen LogP contribution in [0, 0.1) is 0 Å². The summed E-state index contributed by atoms with van der Waals surface area (Å²) in [5.41, 5.74) is 1.20. The first-order valence-corrected chi connectivity index (χ1v) is 9.01. The van der Waals surface area contributed by atoms with Gasteiger partial charge in [0.1, 0.15) is 12.4 Å². The molecule has 0 bridgehead atoms. The highest BCUT2D eigenvalue weighted by atomic mass is 79.9. The Balaban J connectivity index is 1.71. The number of benzene rings is 2. The van der Waals surface area contributed by atoms with Crippen LogP contribution in [0.4, 0.5) is 13.2 Å². The Kier molecular flexibility index (Phi) is 5.75. The van der Waals surface area contributed by atoms with Crippen molar-refractivity contribution in [1.29, 1.82) is 0 Å². The van der Waals surface area contributed by atoms with Gasteiger partial charge in [0, 0.05) is 18.3 Å². The van der Waals surface area contributed by atoms with Gasteiger partial charge in [-0.2, -0.15) is 13.2 Å². The molecule has 0 aliphatic carbocycles. The molecule has 1 heterocycles. The van der Waals surface area contributed by atoms with Crippen molar-refractivity contribution in [3.05, 3.63) is 106 Å². The Morgan fingerprint density at radius 3 is 2.37 bits per heavy atom. The van der Waals surface area contributed by atoms with Crippen LogP contribution >= 0.6 is 15.9 Å². The fraction of sp³-hybridized carbons (Fsp3) is 0.143. The predicted molar refractivity (Wildman–Crippen MR) is 102 cm³/mol. The van der Waals surface area contributed by atoms with Gasteiger partial charge in [0.25, 0.3) is 0 Å². The minimum absolute atomic E-state index is 0.0866. The van der Waals surface area contributed by atoms with Crippen LogP contribution in [0.3, 0.4) is 0 Å². The summed E-state index contributed by atoms with van der Waals surface area (Å²) in [6.07, 6.45) is -0.882. The zero-order chi connectivity index (χ0) is 19.4. The van der Waals surface area contributed by atoms with E-state index in [0.29, 0.717) is 22.5 Å². The topological polar surface area (TPSA) is 12.5 Å². The summed E-state index contributed by atoms with van der Waals surface area (Å²) in [5.74, 6) is 0.446. The second kappa shape index (κ2) is 8.05. The first-order chi connectivity index (χ1) is 12.9. The van der Waals surface area contributed by atoms with Crippen molar-refractivity contribution in [3.8, 4) is 0 Å². The van der Waals surface area contributed by atoms with Crippen molar-refractivity contribution in [2.75, 3.05) is 0 Å². The molecule has 0 unspecified atom stereocenters. The number of allylic oxidation sites excluding steroid dienone is 2. The zero-order valence-corrected chi connectivity index (χ0v) is 15.9. The molecule has 0 saturated carbocycles. The van der Waals surface area contributed by atoms with Gasteiger partial charge < -0.3 is 9.64 Å². The Hall–Kier alpha value is -2.47. The van der Waals surface area contributed by atoms with Crippen molar-refractivity contribution in [1.82, 2.24) is 4.90 Å². The number of hydrogen-bond donors (Lipinski definition) is 0. The zero-order valence-electron chi connectivity index (χ0n) is 14.3. The van der Waals surface area contributed by atoms with Gasteiger partial charge in [-0.05, 0) is 33.6 Å². The number of alkyl halides is 3. The molecule has 0 spiro atoms. The Labute approximate surface area is 164 Å². The van der Waals surface area contributed by atoms with Crippen molar-refractivity contribution in [2.45, 2.75) is 19.3 Å². The maximum absolute atomic E-state index is 13.1. The number of rotatable bonds is 5. The van der Waals surface area contributed by atoms with Crippen LogP contribution in [0.5, 0.6) is 0 Å². The lowest BCUT2D eigenvalue weighted by Crippen LogP contribution is -2.19. The average Bonchev–Trinajstić information content (AvgIpc) is 2.65. The van der Waals surface area contributed by atoms with Crippen LogP contribution < -0.4 is 0 Å². The maximum Gasteiger partial charge on any atom is 0.416 e. The van der Waals surface area contributed by atoms with Crippen LogP contribution in [0.1, 0.15) is 16.7 Å². The van der Waals surface area contributed by atoms with Crippen LogP contribution in [-0.4, -0.2) is 4.90 Å². The smallest absolute Gasteiger partial charge is 0.416 e. The predicted octanol–water partition coefficient (Wildman–Crippen LogP) is 6.37. The van der Waals surface area contributed by atoms with E-state index in [1.54, 1.807) is 12.1 Å². The molecular weight excluding hydrogens is 419 g/mol. The molecule has 6 heteroatoms. The largest absolute Gasteiger partial charge is 0.488 e. The highest BCUT2D eigenvalue weighted by molar-refractivity contribution is 9.12. The lowest BCUT2D eigenvalue weighted by Gasteiger charge is -2.27. The van der Waals surface area contributed by atoms with Crippen LogP contribution in [0.15, 0.2) is 89.4 Å². The lowest BCUT2D eigenvalue weighted by molar-refractivity contribution is -0.138. The van der Waals surface area contributed by atoms with Gasteiger partial charge in [0.15, 0.2) is 0 Å². The van der Waals surface area contributed by atoms with Gasteiger partial charge in [0.05, 0.1) is 15.7 Å². The van der Waals surface area contributed by atoms with E-state index >= 15 is 0 Å². The minimum Gasteiger partial charge on any atom is -0.488 e. The van der Waals surface area contributed by atoms with E-state index in [2.05, 4.69) is 22.5 Å². The molecule has 2 aromatic carbocycles. The van der Waals surface area contributed by atoms with E-state index in [4.69, 9.17) is 4.74 Å². The molecule has 0 N–H and O–H groups in total. The first-order valence-electron chi connectivity index (χ1n) is 8.22. The highest BCUT2D eigenvalue weighted by Gasteiger charge is 2.33. The monoisotopic (exact) mass is 435 g/mol. The van der Waals surface area contributed by atoms with E-state index < -0.39 is 11.7 Å². The summed E-state index contributed by atoms with van der Waals surface area (Å²) in [7, 11) is 0. The third kappa shape index (κ3) is 4.63. The summed E-state index contributed by atoms with van der Waals surface area (Å²) in [4.78, 5) is 1.94. The van der Waals surface area contributed by atoms with E-state index in [9.17, 15) is 13.2 Å². The molecule has 3 rings (SSSR count). The van der Waals surface area contributed by atoms with Crippen LogP contribution in [0.2, 0.25) is 0 Å². The SMILES string of the molecule is C=C1C(Br)=C(OCc2ccccc2C(F)(F)F)C=CN1Cc1ccccc1. The normalized spacial score (nSPS) is 14.7. The van der Waals surface area contributed by atoms with Crippen LogP contribution in [0.25, 0.3) is 0 Å². The molecule has 27 heavy (non-hydrogen) atoms.